The summed E-state index contributed by atoms with van der Waals surface area (Å²) in [4.78, 5) is 0. The maximum atomic E-state index is 5.63. The molecule has 1 heterocycles. The smallest absolute Gasteiger partial charge is 0.124 e. The molecular formula is C13H19NO. The Hall–Kier alpha value is -1.02. The molecule has 0 saturated carbocycles. The summed E-state index contributed by atoms with van der Waals surface area (Å²) in [5.74, 6) is 1.05. The first-order valence-corrected chi connectivity index (χ1v) is 5.79. The molecule has 1 aliphatic heterocycles. The van der Waals surface area contributed by atoms with Crippen LogP contribution in [0.3, 0.4) is 0 Å². The van der Waals surface area contributed by atoms with Crippen LogP contribution in [0.15, 0.2) is 24.3 Å². The lowest BCUT2D eigenvalue weighted by molar-refractivity contribution is 0.245. The molecule has 82 valence electrons. The Balaban J connectivity index is 2.15. The molecule has 0 saturated heterocycles. The van der Waals surface area contributed by atoms with Gasteiger partial charge in [0.2, 0.25) is 0 Å². The number of ether oxygens (including phenoxy) is 1. The van der Waals surface area contributed by atoms with Gasteiger partial charge in [-0.3, -0.25) is 0 Å². The van der Waals surface area contributed by atoms with Crippen molar-refractivity contribution >= 4 is 0 Å². The zero-order chi connectivity index (χ0) is 10.7. The van der Waals surface area contributed by atoms with Crippen molar-refractivity contribution in [2.75, 3.05) is 6.61 Å². The highest BCUT2D eigenvalue weighted by Crippen LogP contribution is 2.31. The maximum Gasteiger partial charge on any atom is 0.124 e. The van der Waals surface area contributed by atoms with Gasteiger partial charge in [0.15, 0.2) is 0 Å². The van der Waals surface area contributed by atoms with Gasteiger partial charge in [0.1, 0.15) is 5.75 Å². The van der Waals surface area contributed by atoms with Crippen LogP contribution in [-0.4, -0.2) is 12.6 Å². The van der Waals surface area contributed by atoms with Gasteiger partial charge in [-0.25, -0.2) is 0 Å². The van der Waals surface area contributed by atoms with Crippen LogP contribution in [-0.2, 0) is 0 Å². The highest BCUT2D eigenvalue weighted by molar-refractivity contribution is 5.37. The number of hydrogen-bond acceptors (Lipinski definition) is 2. The maximum absolute atomic E-state index is 5.63. The average molecular weight is 205 g/mol. The monoisotopic (exact) mass is 205 g/mol. The fourth-order valence-corrected chi connectivity index (χ4v) is 1.98. The van der Waals surface area contributed by atoms with E-state index in [0.29, 0.717) is 12.1 Å². The number of rotatable bonds is 3. The largest absolute Gasteiger partial charge is 0.493 e. The summed E-state index contributed by atoms with van der Waals surface area (Å²) < 4.78 is 5.63. The molecule has 0 radical (unpaired) electrons. The van der Waals surface area contributed by atoms with E-state index < -0.39 is 0 Å². The first-order chi connectivity index (χ1) is 7.31. The highest BCUT2D eigenvalue weighted by atomic mass is 16.5. The minimum atomic E-state index is 0.463. The summed E-state index contributed by atoms with van der Waals surface area (Å²) in [5.41, 5.74) is 1.31. The van der Waals surface area contributed by atoms with Crippen molar-refractivity contribution in [1.29, 1.82) is 0 Å². The number of hydrogen-bond donors (Lipinski definition) is 1. The summed E-state index contributed by atoms with van der Waals surface area (Å²) >= 11 is 0. The van der Waals surface area contributed by atoms with Crippen LogP contribution in [0.1, 0.15) is 38.3 Å². The van der Waals surface area contributed by atoms with Gasteiger partial charge in [-0.15, -0.1) is 0 Å². The summed E-state index contributed by atoms with van der Waals surface area (Å²) in [6.07, 6.45) is 2.24. The third kappa shape index (κ3) is 2.32. The summed E-state index contributed by atoms with van der Waals surface area (Å²) in [6, 6.07) is 9.36. The molecule has 1 aromatic carbocycles. The number of benzene rings is 1. The van der Waals surface area contributed by atoms with E-state index in [4.69, 9.17) is 4.74 Å². The van der Waals surface area contributed by atoms with Gasteiger partial charge >= 0.3 is 0 Å². The summed E-state index contributed by atoms with van der Waals surface area (Å²) in [5, 5.41) is 3.64. The van der Waals surface area contributed by atoms with Crippen LogP contribution in [0, 0.1) is 0 Å². The Morgan fingerprint density at radius 3 is 3.07 bits per heavy atom. The molecule has 2 atom stereocenters. The lowest BCUT2D eigenvalue weighted by Gasteiger charge is -2.29. The molecule has 2 unspecified atom stereocenters. The van der Waals surface area contributed by atoms with Crippen molar-refractivity contribution in [3.63, 3.8) is 0 Å². The predicted octanol–water partition coefficient (Wildman–Crippen LogP) is 2.90. The lowest BCUT2D eigenvalue weighted by atomic mass is 9.99. The molecule has 1 N–H and O–H groups in total. The van der Waals surface area contributed by atoms with E-state index in [9.17, 15) is 0 Å². The van der Waals surface area contributed by atoms with Crippen LogP contribution in [0.2, 0.25) is 0 Å². The van der Waals surface area contributed by atoms with Crippen molar-refractivity contribution in [3.05, 3.63) is 29.8 Å². The zero-order valence-electron chi connectivity index (χ0n) is 9.49. The molecule has 1 aliphatic rings. The SMILES string of the molecule is CCC(C)NC1CCOc2ccccc21. The molecule has 15 heavy (non-hydrogen) atoms. The molecule has 0 fully saturated rings. The van der Waals surface area contributed by atoms with E-state index in [0.717, 1.165) is 18.8 Å². The number of para-hydroxylation sites is 1. The Morgan fingerprint density at radius 2 is 2.27 bits per heavy atom. The van der Waals surface area contributed by atoms with Crippen LogP contribution in [0.4, 0.5) is 0 Å². The molecule has 2 heteroatoms. The fourth-order valence-electron chi connectivity index (χ4n) is 1.98. The second-order valence-corrected chi connectivity index (χ2v) is 4.20. The minimum absolute atomic E-state index is 0.463. The number of nitrogens with one attached hydrogen (secondary N) is 1. The van der Waals surface area contributed by atoms with Gasteiger partial charge in [0, 0.05) is 24.1 Å². The van der Waals surface area contributed by atoms with Crippen LogP contribution < -0.4 is 10.1 Å². The molecule has 2 nitrogen and oxygen atoms in total. The predicted molar refractivity (Wildman–Crippen MR) is 62.2 cm³/mol. The Kier molecular flexibility index (Phi) is 3.27. The van der Waals surface area contributed by atoms with Crippen molar-refractivity contribution in [2.24, 2.45) is 0 Å². The second-order valence-electron chi connectivity index (χ2n) is 4.20. The van der Waals surface area contributed by atoms with E-state index in [-0.39, 0.29) is 0 Å². The first kappa shape index (κ1) is 10.5. The van der Waals surface area contributed by atoms with Gasteiger partial charge in [0.25, 0.3) is 0 Å². The quantitative estimate of drug-likeness (QED) is 0.819. The lowest BCUT2D eigenvalue weighted by Crippen LogP contribution is -2.33. The molecule has 0 aliphatic carbocycles. The van der Waals surface area contributed by atoms with Gasteiger partial charge in [-0.2, -0.15) is 0 Å². The summed E-state index contributed by atoms with van der Waals surface area (Å²) in [6.45, 7) is 5.27. The van der Waals surface area contributed by atoms with Crippen molar-refractivity contribution < 1.29 is 4.74 Å². The second kappa shape index (κ2) is 4.67. The van der Waals surface area contributed by atoms with Crippen LogP contribution in [0.5, 0.6) is 5.75 Å². The Morgan fingerprint density at radius 1 is 1.47 bits per heavy atom. The van der Waals surface area contributed by atoms with Gasteiger partial charge in [0.05, 0.1) is 6.61 Å². The first-order valence-electron chi connectivity index (χ1n) is 5.79. The molecule has 2 rings (SSSR count). The number of fused-ring (bicyclic) bond motifs is 1. The third-order valence-corrected chi connectivity index (χ3v) is 3.06. The zero-order valence-corrected chi connectivity index (χ0v) is 9.49. The topological polar surface area (TPSA) is 21.3 Å². The Labute approximate surface area is 91.6 Å². The van der Waals surface area contributed by atoms with Crippen molar-refractivity contribution in [2.45, 2.75) is 38.8 Å². The standard InChI is InChI=1S/C13H19NO/c1-3-10(2)14-12-8-9-15-13-7-5-4-6-11(12)13/h4-7,10,12,14H,3,8-9H2,1-2H3. The van der Waals surface area contributed by atoms with E-state index >= 15 is 0 Å². The normalized spacial score (nSPS) is 21.6. The molecule has 0 bridgehead atoms. The van der Waals surface area contributed by atoms with Crippen molar-refractivity contribution in [1.82, 2.24) is 5.32 Å². The van der Waals surface area contributed by atoms with E-state index in [1.807, 2.05) is 6.07 Å². The summed E-state index contributed by atoms with van der Waals surface area (Å²) in [7, 11) is 0. The van der Waals surface area contributed by atoms with Crippen LogP contribution in [0.25, 0.3) is 0 Å². The third-order valence-electron chi connectivity index (χ3n) is 3.06. The van der Waals surface area contributed by atoms with E-state index in [1.165, 1.54) is 12.0 Å². The molecular weight excluding hydrogens is 186 g/mol. The van der Waals surface area contributed by atoms with Gasteiger partial charge in [-0.1, -0.05) is 25.1 Å². The highest BCUT2D eigenvalue weighted by Gasteiger charge is 2.21. The van der Waals surface area contributed by atoms with E-state index in [1.54, 1.807) is 0 Å². The van der Waals surface area contributed by atoms with Crippen LogP contribution >= 0.6 is 0 Å². The molecule has 0 amide bonds. The van der Waals surface area contributed by atoms with Gasteiger partial charge in [-0.05, 0) is 19.4 Å². The van der Waals surface area contributed by atoms with Crippen molar-refractivity contribution in [3.8, 4) is 5.75 Å². The van der Waals surface area contributed by atoms with E-state index in [2.05, 4.69) is 37.4 Å². The molecule has 0 spiro atoms. The molecule has 1 aromatic rings. The Bertz CT molecular complexity index is 324. The van der Waals surface area contributed by atoms with Gasteiger partial charge < -0.3 is 10.1 Å². The fraction of sp³-hybridized carbons (Fsp3) is 0.538. The molecule has 0 aromatic heterocycles. The minimum Gasteiger partial charge on any atom is -0.493 e. The average Bonchev–Trinajstić information content (AvgIpc) is 2.29.